The van der Waals surface area contributed by atoms with Gasteiger partial charge in [-0.05, 0) is 18.4 Å². The lowest BCUT2D eigenvalue weighted by Gasteiger charge is -2.12. The van der Waals surface area contributed by atoms with Crippen LogP contribution in [0, 0.1) is 0 Å². The van der Waals surface area contributed by atoms with Crippen LogP contribution in [0.15, 0.2) is 24.3 Å². The third-order valence-electron chi connectivity index (χ3n) is 2.33. The first kappa shape index (κ1) is 12.4. The molecule has 1 aliphatic rings. The first-order valence-corrected chi connectivity index (χ1v) is 5.17. The predicted molar refractivity (Wildman–Crippen MR) is 59.3 cm³/mol. The molecule has 0 saturated carbocycles. The van der Waals surface area contributed by atoms with Gasteiger partial charge in [-0.15, -0.1) is 0 Å². The van der Waals surface area contributed by atoms with Crippen LogP contribution in [0.25, 0.3) is 0 Å². The van der Waals surface area contributed by atoms with Crippen LogP contribution in [0.5, 0.6) is 0 Å². The molecule has 0 atom stereocenters. The van der Waals surface area contributed by atoms with E-state index in [-0.39, 0.29) is 0 Å². The van der Waals surface area contributed by atoms with Crippen LogP contribution in [-0.4, -0.2) is 16.9 Å². The van der Waals surface area contributed by atoms with Crippen molar-refractivity contribution in [3.63, 3.8) is 0 Å². The minimum Gasteiger partial charge on any atom is -0.294 e. The summed E-state index contributed by atoms with van der Waals surface area (Å²) >= 11 is 0. The van der Waals surface area contributed by atoms with Crippen molar-refractivity contribution >= 4 is 11.7 Å². The van der Waals surface area contributed by atoms with Crippen LogP contribution in [0.3, 0.4) is 0 Å². The van der Waals surface area contributed by atoms with Gasteiger partial charge < -0.3 is 0 Å². The van der Waals surface area contributed by atoms with Gasteiger partial charge in [0.2, 0.25) is 5.91 Å². The summed E-state index contributed by atoms with van der Waals surface area (Å²) in [6.45, 7) is 1.22. The monoisotopic (exact) mass is 221 g/mol. The Kier molecular flexibility index (Phi) is 4.66. The van der Waals surface area contributed by atoms with Gasteiger partial charge >= 0.3 is 0 Å². The standard InChI is InChI=1S/C10H10O.C2H5NO2/c11-10-7-3-5-8-4-1-2-6-9(8)10;1-2(4)3-5/h1-2,4,6H,3,5,7H2;5H,1H3,(H,3,4). The smallest absolute Gasteiger partial charge is 0.240 e. The second-order valence-corrected chi connectivity index (χ2v) is 3.60. The number of benzene rings is 1. The van der Waals surface area contributed by atoms with Gasteiger partial charge in [0.05, 0.1) is 0 Å². The van der Waals surface area contributed by atoms with Crippen LogP contribution in [0.2, 0.25) is 0 Å². The van der Waals surface area contributed by atoms with Crippen molar-refractivity contribution < 1.29 is 14.8 Å². The van der Waals surface area contributed by atoms with E-state index in [0.717, 1.165) is 24.8 Å². The van der Waals surface area contributed by atoms with E-state index in [1.165, 1.54) is 18.0 Å². The third-order valence-corrected chi connectivity index (χ3v) is 2.33. The molecule has 4 nitrogen and oxygen atoms in total. The molecule has 0 heterocycles. The van der Waals surface area contributed by atoms with Crippen molar-refractivity contribution in [2.24, 2.45) is 0 Å². The number of amides is 1. The van der Waals surface area contributed by atoms with E-state index in [1.807, 2.05) is 24.3 Å². The summed E-state index contributed by atoms with van der Waals surface area (Å²) in [5.74, 6) is -0.128. The van der Waals surface area contributed by atoms with E-state index < -0.39 is 5.91 Å². The Morgan fingerprint density at radius 1 is 1.31 bits per heavy atom. The van der Waals surface area contributed by atoms with Gasteiger partial charge in [0, 0.05) is 18.9 Å². The van der Waals surface area contributed by atoms with E-state index in [1.54, 1.807) is 0 Å². The van der Waals surface area contributed by atoms with Crippen molar-refractivity contribution in [3.8, 4) is 0 Å². The number of fused-ring (bicyclic) bond motifs is 1. The minimum absolute atomic E-state index is 0.312. The first-order chi connectivity index (χ1) is 7.65. The quantitative estimate of drug-likeness (QED) is 0.517. The highest BCUT2D eigenvalue weighted by molar-refractivity contribution is 5.98. The number of rotatable bonds is 0. The van der Waals surface area contributed by atoms with E-state index in [2.05, 4.69) is 0 Å². The Hall–Kier alpha value is -1.68. The topological polar surface area (TPSA) is 66.4 Å². The zero-order chi connectivity index (χ0) is 12.0. The number of carbonyl (C=O) groups excluding carboxylic acids is 2. The summed E-state index contributed by atoms with van der Waals surface area (Å²) in [4.78, 5) is 20.7. The summed E-state index contributed by atoms with van der Waals surface area (Å²) in [6, 6.07) is 7.91. The maximum atomic E-state index is 11.3. The van der Waals surface area contributed by atoms with Crippen molar-refractivity contribution in [1.29, 1.82) is 0 Å². The molecule has 0 aromatic heterocycles. The normalized spacial score (nSPS) is 13.2. The molecule has 4 heteroatoms. The summed E-state index contributed by atoms with van der Waals surface area (Å²) in [7, 11) is 0. The number of nitrogens with one attached hydrogen (secondary N) is 1. The largest absolute Gasteiger partial charge is 0.294 e. The van der Waals surface area contributed by atoms with Crippen LogP contribution in [-0.2, 0) is 11.2 Å². The molecule has 0 saturated heterocycles. The summed E-state index contributed by atoms with van der Waals surface area (Å²) in [5, 5.41) is 7.54. The fraction of sp³-hybridized carbons (Fsp3) is 0.333. The maximum absolute atomic E-state index is 11.3. The Morgan fingerprint density at radius 2 is 1.94 bits per heavy atom. The lowest BCUT2D eigenvalue weighted by molar-refractivity contribution is -0.126. The zero-order valence-corrected chi connectivity index (χ0v) is 9.19. The average molecular weight is 221 g/mol. The van der Waals surface area contributed by atoms with Crippen LogP contribution < -0.4 is 5.48 Å². The molecule has 0 aliphatic heterocycles. The molecule has 0 bridgehead atoms. The summed E-state index contributed by atoms with van der Waals surface area (Å²) < 4.78 is 0. The number of Topliss-reactive ketones (excluding diaryl/α,β-unsaturated/α-hetero) is 1. The second kappa shape index (κ2) is 6.02. The van der Waals surface area contributed by atoms with Gasteiger partial charge in [-0.1, -0.05) is 24.3 Å². The molecule has 86 valence electrons. The second-order valence-electron chi connectivity index (χ2n) is 3.60. The van der Waals surface area contributed by atoms with Crippen LogP contribution in [0.4, 0.5) is 0 Å². The van der Waals surface area contributed by atoms with E-state index in [0.29, 0.717) is 5.78 Å². The van der Waals surface area contributed by atoms with Gasteiger partial charge in [0.1, 0.15) is 0 Å². The highest BCUT2D eigenvalue weighted by Crippen LogP contribution is 2.19. The number of hydroxylamine groups is 1. The van der Waals surface area contributed by atoms with Crippen molar-refractivity contribution in [3.05, 3.63) is 35.4 Å². The molecule has 16 heavy (non-hydrogen) atoms. The highest BCUT2D eigenvalue weighted by Gasteiger charge is 2.14. The molecule has 0 radical (unpaired) electrons. The molecular formula is C12H15NO3. The van der Waals surface area contributed by atoms with Crippen LogP contribution in [0.1, 0.15) is 35.7 Å². The lowest BCUT2D eigenvalue weighted by atomic mass is 9.91. The Balaban J connectivity index is 0.000000221. The van der Waals surface area contributed by atoms with Gasteiger partial charge in [0.15, 0.2) is 5.78 Å². The molecule has 0 spiro atoms. The molecule has 1 aliphatic carbocycles. The number of aryl methyl sites for hydroxylation is 1. The van der Waals surface area contributed by atoms with Crippen LogP contribution >= 0.6 is 0 Å². The van der Waals surface area contributed by atoms with E-state index in [9.17, 15) is 9.59 Å². The summed E-state index contributed by atoms with van der Waals surface area (Å²) in [6.07, 6.45) is 2.83. The van der Waals surface area contributed by atoms with Crippen molar-refractivity contribution in [2.45, 2.75) is 26.2 Å². The van der Waals surface area contributed by atoms with E-state index in [4.69, 9.17) is 5.21 Å². The van der Waals surface area contributed by atoms with Gasteiger partial charge in [0.25, 0.3) is 0 Å². The fourth-order valence-electron chi connectivity index (χ4n) is 1.58. The lowest BCUT2D eigenvalue weighted by Crippen LogP contribution is -2.12. The molecule has 1 aromatic rings. The van der Waals surface area contributed by atoms with Crippen molar-refractivity contribution in [1.82, 2.24) is 5.48 Å². The fourth-order valence-corrected chi connectivity index (χ4v) is 1.58. The summed E-state index contributed by atoms with van der Waals surface area (Å²) in [5.41, 5.74) is 3.56. The number of ketones is 1. The highest BCUT2D eigenvalue weighted by atomic mass is 16.5. The van der Waals surface area contributed by atoms with Gasteiger partial charge in [-0.25, -0.2) is 5.48 Å². The molecular weight excluding hydrogens is 206 g/mol. The molecule has 1 amide bonds. The molecule has 2 rings (SSSR count). The van der Waals surface area contributed by atoms with Gasteiger partial charge in [-0.3, -0.25) is 14.8 Å². The Labute approximate surface area is 94.2 Å². The molecule has 0 unspecified atom stereocenters. The average Bonchev–Trinajstić information content (AvgIpc) is 2.30. The van der Waals surface area contributed by atoms with E-state index >= 15 is 0 Å². The first-order valence-electron chi connectivity index (χ1n) is 5.17. The predicted octanol–water partition coefficient (Wildman–Crippen LogP) is 1.72. The number of carbonyl (C=O) groups is 2. The molecule has 1 aromatic carbocycles. The maximum Gasteiger partial charge on any atom is 0.240 e. The van der Waals surface area contributed by atoms with Crippen molar-refractivity contribution in [2.75, 3.05) is 0 Å². The Bertz CT molecular complexity index is 388. The number of hydrogen-bond acceptors (Lipinski definition) is 3. The minimum atomic E-state index is -0.440. The SMILES string of the molecule is CC(=O)NO.O=C1CCCc2ccccc21. The Morgan fingerprint density at radius 3 is 2.50 bits per heavy atom. The zero-order valence-electron chi connectivity index (χ0n) is 9.19. The third kappa shape index (κ3) is 3.47. The molecule has 0 fully saturated rings. The number of hydrogen-bond donors (Lipinski definition) is 2. The molecule has 2 N–H and O–H groups in total. The van der Waals surface area contributed by atoms with Gasteiger partial charge in [-0.2, -0.15) is 0 Å².